The van der Waals surface area contributed by atoms with E-state index in [1.807, 2.05) is 12.1 Å². The second-order valence-corrected chi connectivity index (χ2v) is 6.56. The van der Waals surface area contributed by atoms with Crippen LogP contribution in [0.3, 0.4) is 0 Å². The Morgan fingerprint density at radius 1 is 1.25 bits per heavy atom. The molecule has 0 unspecified atom stereocenters. The minimum absolute atomic E-state index is 0.107. The standard InChI is InChI=1S/C16H20BrNO2/c17-10-16(7-1-2-8-16)11-20-13-4-5-14-12(9-13)3-6-15(19)18-14/h4-5,9H,1-3,6-8,10-11H2,(H,18,19). The lowest BCUT2D eigenvalue weighted by Crippen LogP contribution is -2.27. The quantitative estimate of drug-likeness (QED) is 0.846. The third-order valence-corrected chi connectivity index (χ3v) is 5.65. The van der Waals surface area contributed by atoms with E-state index in [0.717, 1.165) is 29.8 Å². The first-order valence-corrected chi connectivity index (χ1v) is 8.45. The number of carbonyl (C=O) groups is 1. The molecule has 1 fully saturated rings. The van der Waals surface area contributed by atoms with Crippen molar-refractivity contribution in [2.75, 3.05) is 17.3 Å². The van der Waals surface area contributed by atoms with E-state index in [-0.39, 0.29) is 5.91 Å². The molecule has 0 radical (unpaired) electrons. The molecule has 1 amide bonds. The van der Waals surface area contributed by atoms with Gasteiger partial charge in [-0.15, -0.1) is 0 Å². The maximum absolute atomic E-state index is 11.3. The van der Waals surface area contributed by atoms with Crippen molar-refractivity contribution in [2.24, 2.45) is 5.41 Å². The Hall–Kier alpha value is -1.03. The van der Waals surface area contributed by atoms with Crippen LogP contribution >= 0.6 is 15.9 Å². The second-order valence-electron chi connectivity index (χ2n) is 6.00. The number of hydrogen-bond acceptors (Lipinski definition) is 2. The molecule has 1 aromatic rings. The van der Waals surface area contributed by atoms with Gasteiger partial charge in [-0.25, -0.2) is 0 Å². The Bertz CT molecular complexity index is 509. The fourth-order valence-corrected chi connectivity index (χ4v) is 3.85. The summed E-state index contributed by atoms with van der Waals surface area (Å²) in [6, 6.07) is 5.99. The molecular weight excluding hydrogens is 318 g/mol. The van der Waals surface area contributed by atoms with Gasteiger partial charge in [0.25, 0.3) is 0 Å². The van der Waals surface area contributed by atoms with Crippen LogP contribution in [0.5, 0.6) is 5.75 Å². The van der Waals surface area contributed by atoms with E-state index in [1.54, 1.807) is 0 Å². The summed E-state index contributed by atoms with van der Waals surface area (Å²) in [6.45, 7) is 0.781. The lowest BCUT2D eigenvalue weighted by molar-refractivity contribution is -0.116. The Kier molecular flexibility index (Phi) is 4.01. The van der Waals surface area contributed by atoms with E-state index in [4.69, 9.17) is 4.74 Å². The molecule has 20 heavy (non-hydrogen) atoms. The highest BCUT2D eigenvalue weighted by Crippen LogP contribution is 2.40. The fourth-order valence-electron chi connectivity index (χ4n) is 3.13. The number of benzene rings is 1. The Morgan fingerprint density at radius 2 is 2.05 bits per heavy atom. The summed E-state index contributed by atoms with van der Waals surface area (Å²) in [4.78, 5) is 11.3. The molecule has 3 nitrogen and oxygen atoms in total. The Labute approximate surface area is 128 Å². The highest BCUT2D eigenvalue weighted by atomic mass is 79.9. The van der Waals surface area contributed by atoms with Gasteiger partial charge in [0, 0.05) is 22.9 Å². The molecule has 1 aromatic carbocycles. The number of aryl methyl sites for hydroxylation is 1. The van der Waals surface area contributed by atoms with Crippen LogP contribution in [0.1, 0.15) is 37.7 Å². The monoisotopic (exact) mass is 337 g/mol. The minimum atomic E-state index is 0.107. The van der Waals surface area contributed by atoms with Crippen LogP contribution in [0.2, 0.25) is 0 Å². The van der Waals surface area contributed by atoms with E-state index < -0.39 is 0 Å². The van der Waals surface area contributed by atoms with Crippen molar-refractivity contribution in [1.29, 1.82) is 0 Å². The minimum Gasteiger partial charge on any atom is -0.493 e. The van der Waals surface area contributed by atoms with Crippen molar-refractivity contribution in [2.45, 2.75) is 38.5 Å². The van der Waals surface area contributed by atoms with Crippen LogP contribution < -0.4 is 10.1 Å². The maximum Gasteiger partial charge on any atom is 0.224 e. The number of rotatable bonds is 4. The lowest BCUT2D eigenvalue weighted by atomic mass is 9.90. The SMILES string of the molecule is O=C1CCc2cc(OCC3(CBr)CCCC3)ccc2N1. The van der Waals surface area contributed by atoms with Gasteiger partial charge in [0.2, 0.25) is 5.91 Å². The van der Waals surface area contributed by atoms with E-state index in [0.29, 0.717) is 11.8 Å². The second kappa shape index (κ2) is 5.76. The summed E-state index contributed by atoms with van der Waals surface area (Å²) >= 11 is 3.65. The van der Waals surface area contributed by atoms with Crippen molar-refractivity contribution < 1.29 is 9.53 Å². The molecule has 1 N–H and O–H groups in total. The number of fused-ring (bicyclic) bond motifs is 1. The molecule has 3 rings (SSSR count). The normalized spacial score (nSPS) is 20.4. The van der Waals surface area contributed by atoms with Crippen LogP contribution in [-0.2, 0) is 11.2 Å². The summed E-state index contributed by atoms with van der Waals surface area (Å²) < 4.78 is 6.03. The zero-order chi connectivity index (χ0) is 14.0. The third-order valence-electron chi connectivity index (χ3n) is 4.46. The van der Waals surface area contributed by atoms with Gasteiger partial charge in [-0.05, 0) is 43.0 Å². The lowest BCUT2D eigenvalue weighted by Gasteiger charge is -2.27. The Balaban J connectivity index is 1.68. The molecule has 0 bridgehead atoms. The molecule has 1 aliphatic carbocycles. The van der Waals surface area contributed by atoms with Gasteiger partial charge in [-0.2, -0.15) is 0 Å². The molecule has 0 atom stereocenters. The average molecular weight is 338 g/mol. The number of halogens is 1. The third kappa shape index (κ3) is 2.85. The van der Waals surface area contributed by atoms with Crippen LogP contribution in [0.15, 0.2) is 18.2 Å². The van der Waals surface area contributed by atoms with E-state index in [2.05, 4.69) is 27.3 Å². The van der Waals surface area contributed by atoms with Gasteiger partial charge in [-0.1, -0.05) is 28.8 Å². The van der Waals surface area contributed by atoms with E-state index >= 15 is 0 Å². The molecule has 1 aliphatic heterocycles. The largest absolute Gasteiger partial charge is 0.493 e. The molecule has 1 heterocycles. The van der Waals surface area contributed by atoms with Gasteiger partial charge in [0.15, 0.2) is 0 Å². The smallest absolute Gasteiger partial charge is 0.224 e. The average Bonchev–Trinajstić information content (AvgIpc) is 2.94. The van der Waals surface area contributed by atoms with Gasteiger partial charge in [0.05, 0.1) is 6.61 Å². The molecule has 1 saturated carbocycles. The number of carbonyl (C=O) groups excluding carboxylic acids is 1. The van der Waals surface area contributed by atoms with Gasteiger partial charge in [-0.3, -0.25) is 4.79 Å². The molecule has 4 heteroatoms. The first-order valence-electron chi connectivity index (χ1n) is 7.32. The van der Waals surface area contributed by atoms with Crippen LogP contribution in [0.4, 0.5) is 5.69 Å². The number of nitrogens with one attached hydrogen (secondary N) is 1. The van der Waals surface area contributed by atoms with Crippen molar-refractivity contribution in [3.05, 3.63) is 23.8 Å². The number of hydrogen-bond donors (Lipinski definition) is 1. The Morgan fingerprint density at radius 3 is 2.80 bits per heavy atom. The van der Waals surface area contributed by atoms with E-state index in [1.165, 1.54) is 31.2 Å². The van der Waals surface area contributed by atoms with Crippen LogP contribution in [0.25, 0.3) is 0 Å². The highest BCUT2D eigenvalue weighted by molar-refractivity contribution is 9.09. The highest BCUT2D eigenvalue weighted by Gasteiger charge is 2.33. The zero-order valence-corrected chi connectivity index (χ0v) is 13.2. The number of anilines is 1. The van der Waals surface area contributed by atoms with Gasteiger partial charge < -0.3 is 10.1 Å². The summed E-state index contributed by atoms with van der Waals surface area (Å²) in [7, 11) is 0. The predicted octanol–water partition coefficient (Wildman–Crippen LogP) is 3.91. The topological polar surface area (TPSA) is 38.3 Å². The molecule has 0 spiro atoms. The van der Waals surface area contributed by atoms with Crippen molar-refractivity contribution in [3.63, 3.8) is 0 Å². The van der Waals surface area contributed by atoms with Crippen molar-refractivity contribution >= 4 is 27.5 Å². The molecule has 0 saturated heterocycles. The molecule has 108 valence electrons. The number of ether oxygens (including phenoxy) is 1. The summed E-state index contributed by atoms with van der Waals surface area (Å²) in [6.07, 6.45) is 6.50. The van der Waals surface area contributed by atoms with Crippen LogP contribution in [-0.4, -0.2) is 17.8 Å². The van der Waals surface area contributed by atoms with Crippen molar-refractivity contribution in [1.82, 2.24) is 0 Å². The number of amides is 1. The summed E-state index contributed by atoms with van der Waals surface area (Å²) in [5, 5.41) is 3.92. The molecule has 2 aliphatic rings. The van der Waals surface area contributed by atoms with Gasteiger partial charge in [0.1, 0.15) is 5.75 Å². The first kappa shape index (κ1) is 13.9. The predicted molar refractivity (Wildman–Crippen MR) is 83.6 cm³/mol. The van der Waals surface area contributed by atoms with Crippen LogP contribution in [0, 0.1) is 5.41 Å². The van der Waals surface area contributed by atoms with Gasteiger partial charge >= 0.3 is 0 Å². The summed E-state index contributed by atoms with van der Waals surface area (Å²) in [5.74, 6) is 1.03. The van der Waals surface area contributed by atoms with E-state index in [9.17, 15) is 4.79 Å². The first-order chi connectivity index (χ1) is 9.71. The van der Waals surface area contributed by atoms with Crippen molar-refractivity contribution in [3.8, 4) is 5.75 Å². The molecular formula is C16H20BrNO2. The maximum atomic E-state index is 11.3. The fraction of sp³-hybridized carbons (Fsp3) is 0.562. The zero-order valence-electron chi connectivity index (χ0n) is 11.6. The molecule has 0 aromatic heterocycles. The number of alkyl halides is 1. The summed E-state index contributed by atoms with van der Waals surface area (Å²) in [5.41, 5.74) is 2.43.